The standard InChI is InChI=1S/C91H71N7OS/c1-52(2)68-44-64(46-76-77-50-66(48-69(53(3)4)88(77)99-87(68)76)97-83-30-26-59(57-19-16-21-63(39-57)91-95-36-17-37-96-91)41-73(83)74-42-61(27-31-85(74)97)81-23-10-13-34-93-81)65-45-70(54(5)6)89-78(47-65)79-51-67(49-71(55(7)8)90(79)100-89)98-84-29-25-58(56-18-15-20-60(38-56)80-22-9-12-33-92-80)40-72(84)75-43-62(28-32-86(75)98)82-24-11-14-35-94-82/h9-55H,1-8H3. The van der Waals surface area contributed by atoms with Crippen LogP contribution >= 0.6 is 11.3 Å². The highest BCUT2D eigenvalue weighted by molar-refractivity contribution is 7.26. The molecule has 18 rings (SSSR count). The van der Waals surface area contributed by atoms with E-state index in [4.69, 9.17) is 19.4 Å². The Labute approximate surface area is 584 Å². The molecule has 0 N–H and O–H groups in total. The topological polar surface area (TPSA) is 87.5 Å². The lowest BCUT2D eigenvalue weighted by Gasteiger charge is -2.15. The molecule has 0 aliphatic heterocycles. The lowest BCUT2D eigenvalue weighted by atomic mass is 9.90. The van der Waals surface area contributed by atoms with Gasteiger partial charge in [-0.15, -0.1) is 11.3 Å². The van der Waals surface area contributed by atoms with Crippen LogP contribution in [0.1, 0.15) is 101 Å². The predicted molar refractivity (Wildman–Crippen MR) is 419 cm³/mol. The summed E-state index contributed by atoms with van der Waals surface area (Å²) in [5.74, 6) is 1.56. The molecule has 0 atom stereocenters. The van der Waals surface area contributed by atoms with Crippen LogP contribution in [0.2, 0.25) is 0 Å². The summed E-state index contributed by atoms with van der Waals surface area (Å²) in [7, 11) is 0. The van der Waals surface area contributed by atoms with Crippen molar-refractivity contribution in [1.29, 1.82) is 0 Å². The normalized spacial score (nSPS) is 12.2. The molecule has 0 radical (unpaired) electrons. The lowest BCUT2D eigenvalue weighted by molar-refractivity contribution is 0.646. The molecule has 0 bridgehead atoms. The van der Waals surface area contributed by atoms with Gasteiger partial charge >= 0.3 is 0 Å². The third kappa shape index (κ3) is 10.2. The minimum atomic E-state index is 0.162. The monoisotopic (exact) mass is 1310 g/mol. The summed E-state index contributed by atoms with van der Waals surface area (Å²) in [6.07, 6.45) is 9.21. The highest BCUT2D eigenvalue weighted by Gasteiger charge is 2.26. The zero-order valence-electron chi connectivity index (χ0n) is 57.1. The van der Waals surface area contributed by atoms with Crippen molar-refractivity contribution >= 4 is 97.1 Å². The third-order valence-corrected chi connectivity index (χ3v) is 21.7. The minimum absolute atomic E-state index is 0.162. The molecule has 0 fully saturated rings. The molecule has 18 aromatic rings. The van der Waals surface area contributed by atoms with Gasteiger partial charge in [-0.1, -0.05) is 134 Å². The number of aromatic nitrogens is 7. The van der Waals surface area contributed by atoms with E-state index in [1.54, 1.807) is 12.4 Å². The van der Waals surface area contributed by atoms with Crippen LogP contribution in [0.3, 0.4) is 0 Å². The quantitative estimate of drug-likeness (QED) is 0.114. The van der Waals surface area contributed by atoms with Crippen molar-refractivity contribution in [2.45, 2.75) is 79.1 Å². The highest BCUT2D eigenvalue weighted by atomic mass is 32.1. The molecule has 0 spiro atoms. The van der Waals surface area contributed by atoms with Gasteiger partial charge in [0.25, 0.3) is 0 Å². The van der Waals surface area contributed by atoms with Crippen molar-refractivity contribution in [2.24, 2.45) is 0 Å². The molecule has 0 aliphatic carbocycles. The van der Waals surface area contributed by atoms with E-state index < -0.39 is 0 Å². The summed E-state index contributed by atoms with van der Waals surface area (Å²) in [5.41, 5.74) is 27.7. The first-order chi connectivity index (χ1) is 48.8. The molecule has 0 amide bonds. The van der Waals surface area contributed by atoms with Gasteiger partial charge in [-0.25, -0.2) is 9.97 Å². The number of thiophene rings is 1. The third-order valence-electron chi connectivity index (χ3n) is 20.4. The Hall–Kier alpha value is -11.7. The fourth-order valence-corrected chi connectivity index (χ4v) is 17.0. The summed E-state index contributed by atoms with van der Waals surface area (Å²) in [5, 5.41) is 9.46. The Morgan fingerprint density at radius 1 is 0.270 bits per heavy atom. The van der Waals surface area contributed by atoms with Gasteiger partial charge in [0.1, 0.15) is 11.2 Å². The molecule has 0 aliphatic rings. The molecular formula is C91H71N7OS. The van der Waals surface area contributed by atoms with Crippen molar-refractivity contribution in [3.63, 3.8) is 0 Å². The Morgan fingerprint density at radius 2 is 0.620 bits per heavy atom. The summed E-state index contributed by atoms with van der Waals surface area (Å²) < 4.78 is 15.0. The van der Waals surface area contributed by atoms with E-state index >= 15 is 0 Å². The molecule has 8 heterocycles. The molecule has 8 aromatic heterocycles. The van der Waals surface area contributed by atoms with Crippen LogP contribution in [0.15, 0.2) is 266 Å². The highest BCUT2D eigenvalue weighted by Crippen LogP contribution is 2.49. The maximum Gasteiger partial charge on any atom is 0.159 e. The summed E-state index contributed by atoms with van der Waals surface area (Å²) in [6, 6.07) is 84.7. The first-order valence-corrected chi connectivity index (χ1v) is 35.7. The Balaban J connectivity index is 0.821. The minimum Gasteiger partial charge on any atom is -0.455 e. The average Bonchev–Trinajstić information content (AvgIpc) is 1.58. The van der Waals surface area contributed by atoms with E-state index in [2.05, 4.69) is 275 Å². The van der Waals surface area contributed by atoms with Crippen LogP contribution in [-0.4, -0.2) is 34.1 Å². The molecule has 9 heteroatoms. The van der Waals surface area contributed by atoms with Gasteiger partial charge in [0.2, 0.25) is 0 Å². The molecule has 8 nitrogen and oxygen atoms in total. The van der Waals surface area contributed by atoms with Crippen molar-refractivity contribution in [1.82, 2.24) is 34.1 Å². The van der Waals surface area contributed by atoms with Gasteiger partial charge in [0, 0.05) is 123 Å². The van der Waals surface area contributed by atoms with E-state index in [-0.39, 0.29) is 23.7 Å². The fraction of sp³-hybridized carbons (Fsp3) is 0.132. The van der Waals surface area contributed by atoms with Crippen LogP contribution in [-0.2, 0) is 0 Å². The predicted octanol–water partition coefficient (Wildman–Crippen LogP) is 25.3. The molecule has 0 saturated carbocycles. The number of nitrogens with zero attached hydrogens (tertiary/aromatic N) is 7. The summed E-state index contributed by atoms with van der Waals surface area (Å²) >= 11 is 1.96. The summed E-state index contributed by atoms with van der Waals surface area (Å²) in [4.78, 5) is 23.5. The maximum atomic E-state index is 7.32. The van der Waals surface area contributed by atoms with Crippen LogP contribution in [0.25, 0.3) is 176 Å². The second-order valence-electron chi connectivity index (χ2n) is 28.0. The van der Waals surface area contributed by atoms with Crippen LogP contribution in [0.4, 0.5) is 0 Å². The first-order valence-electron chi connectivity index (χ1n) is 34.8. The smallest absolute Gasteiger partial charge is 0.159 e. The SMILES string of the molecule is CC(C)c1cc(-c2cc(C(C)C)c3sc4c(C(C)C)cc(-n5c6ccc(-c7cccc(-c8ccccn8)c7)cc6c6cc(-c7ccccn7)ccc65)cc4c3c2)cc2c1oc1c(C(C)C)cc(-n3c4ccc(-c5cccc(-c6ncccn6)c5)cc4c4cc(-c5ccccn5)ccc43)cc12. The van der Waals surface area contributed by atoms with Gasteiger partial charge < -0.3 is 13.6 Å². The molecule has 10 aromatic carbocycles. The first kappa shape index (κ1) is 60.7. The Bertz CT molecular complexity index is 5890. The number of furan rings is 1. The zero-order chi connectivity index (χ0) is 67.6. The Morgan fingerprint density at radius 3 is 1.11 bits per heavy atom. The molecule has 100 heavy (non-hydrogen) atoms. The molecule has 482 valence electrons. The van der Waals surface area contributed by atoms with Gasteiger partial charge in [0.15, 0.2) is 5.82 Å². The Kier molecular flexibility index (Phi) is 14.6. The van der Waals surface area contributed by atoms with Crippen molar-refractivity contribution in [3.8, 4) is 89.9 Å². The van der Waals surface area contributed by atoms with Crippen LogP contribution < -0.4 is 0 Å². The van der Waals surface area contributed by atoms with E-state index in [0.29, 0.717) is 5.82 Å². The second-order valence-corrected chi connectivity index (χ2v) is 29.0. The molecule has 0 saturated heterocycles. The number of hydrogen-bond acceptors (Lipinski definition) is 7. The van der Waals surface area contributed by atoms with E-state index in [9.17, 15) is 0 Å². The number of fused-ring (bicyclic) bond motifs is 12. The second kappa shape index (κ2) is 24.1. The van der Waals surface area contributed by atoms with Crippen molar-refractivity contribution < 1.29 is 4.42 Å². The number of hydrogen-bond donors (Lipinski definition) is 0. The van der Waals surface area contributed by atoms with Crippen molar-refractivity contribution in [2.75, 3.05) is 0 Å². The number of rotatable bonds is 13. The summed E-state index contributed by atoms with van der Waals surface area (Å²) in [6.45, 7) is 18.6. The number of pyridine rings is 3. The van der Waals surface area contributed by atoms with Gasteiger partial charge in [-0.2, -0.15) is 0 Å². The fourth-order valence-electron chi connectivity index (χ4n) is 15.4. The van der Waals surface area contributed by atoms with Gasteiger partial charge in [0.05, 0.1) is 39.1 Å². The van der Waals surface area contributed by atoms with E-state index in [0.717, 1.165) is 128 Å². The molecule has 0 unspecified atom stereocenters. The van der Waals surface area contributed by atoms with Gasteiger partial charge in [-0.05, 0) is 225 Å². The zero-order valence-corrected chi connectivity index (χ0v) is 57.9. The number of benzene rings is 10. The molecular weight excluding hydrogens is 1240 g/mol. The maximum absolute atomic E-state index is 7.32. The van der Waals surface area contributed by atoms with Crippen LogP contribution in [0, 0.1) is 0 Å². The van der Waals surface area contributed by atoms with E-state index in [1.165, 1.54) is 64.3 Å². The lowest BCUT2D eigenvalue weighted by Crippen LogP contribution is -1.97. The van der Waals surface area contributed by atoms with Gasteiger partial charge in [-0.3, -0.25) is 15.0 Å². The van der Waals surface area contributed by atoms with E-state index in [1.807, 2.05) is 60.3 Å². The largest absolute Gasteiger partial charge is 0.455 e. The van der Waals surface area contributed by atoms with Crippen LogP contribution in [0.5, 0.6) is 0 Å². The average molecular weight is 1310 g/mol. The van der Waals surface area contributed by atoms with Crippen molar-refractivity contribution in [3.05, 3.63) is 284 Å².